The maximum absolute atomic E-state index is 11.1. The van der Waals surface area contributed by atoms with E-state index in [9.17, 15) is 4.79 Å². The maximum Gasteiger partial charge on any atom is 0.194 e. The predicted molar refractivity (Wildman–Crippen MR) is 84.8 cm³/mol. The highest BCUT2D eigenvalue weighted by Crippen LogP contribution is 2.36. The van der Waals surface area contributed by atoms with Crippen molar-refractivity contribution in [2.75, 3.05) is 6.61 Å². The van der Waals surface area contributed by atoms with E-state index in [0.29, 0.717) is 5.76 Å². The van der Waals surface area contributed by atoms with Crippen LogP contribution in [-0.2, 0) is 10.8 Å². The Morgan fingerprint density at radius 2 is 1.90 bits per heavy atom. The van der Waals surface area contributed by atoms with Crippen molar-refractivity contribution in [3.63, 3.8) is 0 Å². The Morgan fingerprint density at radius 3 is 2.40 bits per heavy atom. The highest BCUT2D eigenvalue weighted by Gasteiger charge is 2.36. The summed E-state index contributed by atoms with van der Waals surface area (Å²) in [6.45, 7) is 13.7. The molecule has 20 heavy (non-hydrogen) atoms. The highest BCUT2D eigenvalue weighted by molar-refractivity contribution is 6.74. The van der Waals surface area contributed by atoms with Gasteiger partial charge in [0.1, 0.15) is 5.76 Å². The van der Waals surface area contributed by atoms with Gasteiger partial charge in [-0.3, -0.25) is 4.79 Å². The van der Waals surface area contributed by atoms with Crippen LogP contribution in [-0.4, -0.2) is 20.7 Å². The number of unbranched alkanes of at least 4 members (excludes halogenated alkanes) is 1. The smallest absolute Gasteiger partial charge is 0.194 e. The van der Waals surface area contributed by atoms with Gasteiger partial charge < -0.3 is 8.84 Å². The van der Waals surface area contributed by atoms with E-state index in [2.05, 4.69) is 33.9 Å². The van der Waals surface area contributed by atoms with Gasteiger partial charge in [-0.05, 0) is 43.1 Å². The quantitative estimate of drug-likeness (QED) is 0.411. The fourth-order valence-corrected chi connectivity index (χ4v) is 2.73. The summed E-state index contributed by atoms with van der Waals surface area (Å²) in [4.78, 5) is 11.1. The third-order valence-corrected chi connectivity index (χ3v) is 8.63. The van der Waals surface area contributed by atoms with Gasteiger partial charge >= 0.3 is 0 Å². The average Bonchev–Trinajstić information content (AvgIpc) is 2.75. The van der Waals surface area contributed by atoms with Crippen LogP contribution < -0.4 is 0 Å². The molecular formula is C16H28O3Si. The minimum absolute atomic E-state index is 0.0162. The number of rotatable bonds is 7. The number of hydrogen-bond acceptors (Lipinski definition) is 3. The lowest BCUT2D eigenvalue weighted by molar-refractivity contribution is 0.0985. The first-order chi connectivity index (χ1) is 9.13. The Bertz CT molecular complexity index is 441. The molecule has 0 N–H and O–H groups in total. The van der Waals surface area contributed by atoms with Crippen molar-refractivity contribution in [3.8, 4) is 0 Å². The highest BCUT2D eigenvalue weighted by atomic mass is 28.4. The van der Waals surface area contributed by atoms with E-state index in [1.807, 2.05) is 6.07 Å². The summed E-state index contributed by atoms with van der Waals surface area (Å²) in [6, 6.07) is 3.65. The van der Waals surface area contributed by atoms with Gasteiger partial charge in [0, 0.05) is 20.0 Å². The average molecular weight is 296 g/mol. The number of hydrogen-bond donors (Lipinski definition) is 0. The third kappa shape index (κ3) is 4.91. The molecule has 0 saturated carbocycles. The van der Waals surface area contributed by atoms with Crippen LogP contribution >= 0.6 is 0 Å². The standard InChI is InChI=1S/C16H28O3Si/c1-13(17)15-11-10-14(19-15)9-7-8-12-18-20(5,6)16(2,3)4/h10-11H,7-9,12H2,1-6H3. The fourth-order valence-electron chi connectivity index (χ4n) is 1.65. The Morgan fingerprint density at radius 1 is 1.25 bits per heavy atom. The molecule has 3 nitrogen and oxygen atoms in total. The van der Waals surface area contributed by atoms with Gasteiger partial charge in [-0.25, -0.2) is 0 Å². The molecule has 0 bridgehead atoms. The summed E-state index contributed by atoms with van der Waals surface area (Å²) in [5.74, 6) is 1.33. The second kappa shape index (κ2) is 6.72. The minimum Gasteiger partial charge on any atom is -0.458 e. The van der Waals surface area contributed by atoms with Crippen LogP contribution in [0.15, 0.2) is 16.5 Å². The van der Waals surface area contributed by atoms with Crippen molar-refractivity contribution in [1.82, 2.24) is 0 Å². The van der Waals surface area contributed by atoms with Crippen LogP contribution in [0, 0.1) is 0 Å². The second-order valence-electron chi connectivity index (χ2n) is 6.89. The van der Waals surface area contributed by atoms with Crippen LogP contribution in [0.5, 0.6) is 0 Å². The first-order valence-corrected chi connectivity index (χ1v) is 10.3. The van der Waals surface area contributed by atoms with E-state index in [4.69, 9.17) is 8.84 Å². The normalized spacial score (nSPS) is 12.7. The zero-order valence-corrected chi connectivity index (χ0v) is 14.7. The number of aryl methyl sites for hydroxylation is 1. The molecule has 0 radical (unpaired) electrons. The van der Waals surface area contributed by atoms with E-state index < -0.39 is 8.32 Å². The maximum atomic E-state index is 11.1. The van der Waals surface area contributed by atoms with E-state index in [1.165, 1.54) is 6.92 Å². The van der Waals surface area contributed by atoms with Gasteiger partial charge in [0.25, 0.3) is 0 Å². The van der Waals surface area contributed by atoms with Crippen LogP contribution in [0.4, 0.5) is 0 Å². The van der Waals surface area contributed by atoms with Gasteiger partial charge in [0.15, 0.2) is 19.9 Å². The van der Waals surface area contributed by atoms with Crippen molar-refractivity contribution in [2.24, 2.45) is 0 Å². The van der Waals surface area contributed by atoms with E-state index >= 15 is 0 Å². The summed E-state index contributed by atoms with van der Waals surface area (Å²) >= 11 is 0. The lowest BCUT2D eigenvalue weighted by Gasteiger charge is -2.36. The van der Waals surface area contributed by atoms with Crippen molar-refractivity contribution in [1.29, 1.82) is 0 Å². The SMILES string of the molecule is CC(=O)c1ccc(CCCCO[Si](C)(C)C(C)(C)C)o1. The Labute approximate surface area is 123 Å². The zero-order valence-electron chi connectivity index (χ0n) is 13.7. The molecule has 0 aliphatic heterocycles. The topological polar surface area (TPSA) is 39.4 Å². The van der Waals surface area contributed by atoms with Crippen LogP contribution in [0.3, 0.4) is 0 Å². The van der Waals surface area contributed by atoms with Gasteiger partial charge in [0.05, 0.1) is 0 Å². The third-order valence-electron chi connectivity index (χ3n) is 4.10. The second-order valence-corrected chi connectivity index (χ2v) is 11.7. The van der Waals surface area contributed by atoms with Crippen LogP contribution in [0.25, 0.3) is 0 Å². The molecule has 0 aliphatic carbocycles. The van der Waals surface area contributed by atoms with Crippen LogP contribution in [0.2, 0.25) is 18.1 Å². The summed E-state index contributed by atoms with van der Waals surface area (Å²) in [7, 11) is -1.61. The molecule has 0 fully saturated rings. The Kier molecular flexibility index (Phi) is 5.77. The fraction of sp³-hybridized carbons (Fsp3) is 0.688. The molecule has 0 amide bonds. The monoisotopic (exact) mass is 296 g/mol. The molecule has 0 saturated heterocycles. The molecular weight excluding hydrogens is 268 g/mol. The number of carbonyl (C=O) groups is 1. The molecule has 1 aromatic heterocycles. The molecule has 1 aromatic rings. The Hall–Kier alpha value is -0.873. The summed E-state index contributed by atoms with van der Waals surface area (Å²) in [6.07, 6.45) is 2.93. The summed E-state index contributed by atoms with van der Waals surface area (Å²) in [5.41, 5.74) is 0. The number of Topliss-reactive ketones (excluding diaryl/α,β-unsaturated/α-hetero) is 1. The molecule has 1 heterocycles. The predicted octanol–water partition coefficient (Wildman–Crippen LogP) is 4.83. The van der Waals surface area contributed by atoms with Crippen LogP contribution in [0.1, 0.15) is 56.9 Å². The number of ketones is 1. The molecule has 0 atom stereocenters. The first kappa shape index (κ1) is 17.2. The molecule has 114 valence electrons. The molecule has 4 heteroatoms. The van der Waals surface area contributed by atoms with E-state index in [1.54, 1.807) is 6.07 Å². The first-order valence-electron chi connectivity index (χ1n) is 7.37. The van der Waals surface area contributed by atoms with Gasteiger partial charge in [-0.2, -0.15) is 0 Å². The zero-order chi connectivity index (χ0) is 15.4. The lowest BCUT2D eigenvalue weighted by atomic mass is 10.2. The molecule has 0 unspecified atom stereocenters. The number of carbonyl (C=O) groups excluding carboxylic acids is 1. The summed E-state index contributed by atoms with van der Waals surface area (Å²) in [5, 5.41) is 0.268. The molecule has 0 spiro atoms. The van der Waals surface area contributed by atoms with E-state index in [-0.39, 0.29) is 10.8 Å². The molecule has 0 aromatic carbocycles. The largest absolute Gasteiger partial charge is 0.458 e. The molecule has 0 aliphatic rings. The van der Waals surface area contributed by atoms with Crippen molar-refractivity contribution in [2.45, 2.75) is 65.1 Å². The van der Waals surface area contributed by atoms with Gasteiger partial charge in [-0.15, -0.1) is 0 Å². The van der Waals surface area contributed by atoms with Gasteiger partial charge in [0.2, 0.25) is 0 Å². The minimum atomic E-state index is -1.61. The van der Waals surface area contributed by atoms with Crippen molar-refractivity contribution < 1.29 is 13.6 Å². The molecule has 1 rings (SSSR count). The summed E-state index contributed by atoms with van der Waals surface area (Å²) < 4.78 is 11.6. The Balaban J connectivity index is 2.27. The van der Waals surface area contributed by atoms with Crippen molar-refractivity contribution in [3.05, 3.63) is 23.7 Å². The van der Waals surface area contributed by atoms with Crippen molar-refractivity contribution >= 4 is 14.1 Å². The number of furan rings is 1. The lowest BCUT2D eigenvalue weighted by Crippen LogP contribution is -2.40. The van der Waals surface area contributed by atoms with Gasteiger partial charge in [-0.1, -0.05) is 20.8 Å². The van der Waals surface area contributed by atoms with E-state index in [0.717, 1.165) is 31.6 Å².